The number of fused-ring (bicyclic) bond motifs is 1. The largest absolute Gasteiger partial charge is 0.463 e. The zero-order valence-corrected chi connectivity index (χ0v) is 15.0. The van der Waals surface area contributed by atoms with Gasteiger partial charge in [0, 0.05) is 37.2 Å². The average molecular weight is 366 g/mol. The molecule has 0 saturated heterocycles. The lowest BCUT2D eigenvalue weighted by molar-refractivity contribution is -0.139. The van der Waals surface area contributed by atoms with Crippen LogP contribution in [0.4, 0.5) is 0 Å². The molecule has 2 aliphatic heterocycles. The van der Waals surface area contributed by atoms with E-state index >= 15 is 0 Å². The van der Waals surface area contributed by atoms with Crippen molar-refractivity contribution in [3.63, 3.8) is 0 Å². The summed E-state index contributed by atoms with van der Waals surface area (Å²) in [6.07, 6.45) is 26.2. The van der Waals surface area contributed by atoms with Crippen LogP contribution in [-0.2, 0) is 14.3 Å². The van der Waals surface area contributed by atoms with Crippen molar-refractivity contribution in [2.24, 2.45) is 4.99 Å². The summed E-state index contributed by atoms with van der Waals surface area (Å²) in [4.78, 5) is 17.9. The smallest absolute Gasteiger partial charge is 0.373 e. The molecular weight excluding hydrogens is 344 g/mol. The van der Waals surface area contributed by atoms with Gasteiger partial charge in [0.15, 0.2) is 0 Å². The number of carbonyl (C=O) groups excluding carboxylic acids is 1. The maximum atomic E-state index is 11.7. The molecule has 0 saturated carbocycles. The van der Waals surface area contributed by atoms with Gasteiger partial charge in [0.1, 0.15) is 6.67 Å². The standard InChI is InChI=1S/C20H22N4O3/c1-26-20(25)19-9-5-4-7-13-24-17-23-16-18(24)15-22-12-11-21-10-6-2-3-8-14-27-19/h2-16,21-22H,17H2,1H3. The number of hydrogen-bond acceptors (Lipinski definition) is 7. The summed E-state index contributed by atoms with van der Waals surface area (Å²) in [5, 5.41) is 6.07. The van der Waals surface area contributed by atoms with Gasteiger partial charge in [-0.2, -0.15) is 0 Å². The molecule has 0 aliphatic carbocycles. The number of allylic oxidation sites excluding steroid dienone is 9. The average Bonchev–Trinajstić information content (AvgIpc) is 3.12. The van der Waals surface area contributed by atoms with Crippen LogP contribution >= 0.6 is 0 Å². The van der Waals surface area contributed by atoms with E-state index in [1.165, 1.54) is 19.4 Å². The van der Waals surface area contributed by atoms with E-state index in [2.05, 4.69) is 15.6 Å². The number of methoxy groups -OCH3 is 1. The molecule has 0 unspecified atom stereocenters. The van der Waals surface area contributed by atoms with Crippen LogP contribution in [-0.4, -0.2) is 30.9 Å². The van der Waals surface area contributed by atoms with E-state index in [1.807, 2.05) is 35.5 Å². The first kappa shape index (κ1) is 19.6. The van der Waals surface area contributed by atoms with Gasteiger partial charge >= 0.3 is 5.97 Å². The summed E-state index contributed by atoms with van der Waals surface area (Å²) in [5.74, 6) is -0.475. The lowest BCUT2D eigenvalue weighted by Gasteiger charge is -2.12. The normalized spacial score (nSPS) is 17.3. The van der Waals surface area contributed by atoms with Crippen LogP contribution in [0.25, 0.3) is 0 Å². The monoisotopic (exact) mass is 366 g/mol. The molecule has 0 aromatic carbocycles. The molecular formula is C20H22N4O3. The predicted molar refractivity (Wildman–Crippen MR) is 106 cm³/mol. The number of nitrogens with zero attached hydrogens (tertiary/aromatic N) is 2. The van der Waals surface area contributed by atoms with E-state index in [-0.39, 0.29) is 5.76 Å². The molecule has 0 bridgehead atoms. The van der Waals surface area contributed by atoms with Crippen LogP contribution in [0, 0.1) is 0 Å². The third kappa shape index (κ3) is 7.35. The summed E-state index contributed by atoms with van der Waals surface area (Å²) in [6, 6.07) is 0. The highest BCUT2D eigenvalue weighted by Gasteiger charge is 2.09. The fourth-order valence-electron chi connectivity index (χ4n) is 1.93. The zero-order chi connectivity index (χ0) is 19.2. The first-order valence-corrected chi connectivity index (χ1v) is 8.23. The molecule has 2 aliphatic rings. The highest BCUT2D eigenvalue weighted by atomic mass is 16.6. The molecule has 0 aromatic rings. The number of ether oxygens (including phenoxy) is 2. The topological polar surface area (TPSA) is 75.2 Å². The summed E-state index contributed by atoms with van der Waals surface area (Å²) in [6.45, 7) is 0.548. The second-order valence-electron chi connectivity index (χ2n) is 5.10. The molecule has 2 rings (SSSR count). The van der Waals surface area contributed by atoms with Gasteiger partial charge in [-0.25, -0.2) is 4.79 Å². The quantitative estimate of drug-likeness (QED) is 0.695. The Kier molecular flexibility index (Phi) is 8.52. The van der Waals surface area contributed by atoms with Gasteiger partial charge in [0.2, 0.25) is 5.76 Å². The molecule has 27 heavy (non-hydrogen) atoms. The van der Waals surface area contributed by atoms with Gasteiger partial charge in [-0.05, 0) is 24.3 Å². The maximum absolute atomic E-state index is 11.7. The van der Waals surface area contributed by atoms with E-state index < -0.39 is 5.97 Å². The SMILES string of the molecule is COC(=O)C1=CC=CC=CN2CN=CC2=CNC=CNC=CC=CC=CO1. The third-order valence-electron chi connectivity index (χ3n) is 3.22. The summed E-state index contributed by atoms with van der Waals surface area (Å²) < 4.78 is 10.0. The Bertz CT molecular complexity index is 768. The van der Waals surface area contributed by atoms with Crippen LogP contribution in [0.3, 0.4) is 0 Å². The molecule has 7 heteroatoms. The summed E-state index contributed by atoms with van der Waals surface area (Å²) >= 11 is 0. The van der Waals surface area contributed by atoms with Crippen molar-refractivity contribution in [1.29, 1.82) is 0 Å². The highest BCUT2D eigenvalue weighted by Crippen LogP contribution is 2.09. The van der Waals surface area contributed by atoms with Crippen LogP contribution in [0.1, 0.15) is 0 Å². The molecule has 0 amide bonds. The van der Waals surface area contributed by atoms with Gasteiger partial charge in [0.25, 0.3) is 0 Å². The Hall–Kier alpha value is -3.74. The van der Waals surface area contributed by atoms with E-state index in [1.54, 1.807) is 49.1 Å². The molecule has 0 radical (unpaired) electrons. The first-order chi connectivity index (χ1) is 13.3. The molecule has 2 heterocycles. The van der Waals surface area contributed by atoms with Crippen molar-refractivity contribution in [3.8, 4) is 0 Å². The van der Waals surface area contributed by atoms with Crippen LogP contribution in [0.5, 0.6) is 0 Å². The Morgan fingerprint density at radius 1 is 1.07 bits per heavy atom. The third-order valence-corrected chi connectivity index (χ3v) is 3.22. The Balaban J connectivity index is 2.15. The minimum absolute atomic E-state index is 0.0813. The van der Waals surface area contributed by atoms with Crippen LogP contribution < -0.4 is 10.6 Å². The number of esters is 1. The minimum Gasteiger partial charge on any atom is -0.463 e. The fourth-order valence-corrected chi connectivity index (χ4v) is 1.93. The first-order valence-electron chi connectivity index (χ1n) is 8.23. The molecule has 0 aromatic heterocycles. The van der Waals surface area contributed by atoms with E-state index in [0.29, 0.717) is 6.67 Å². The van der Waals surface area contributed by atoms with Crippen LogP contribution in [0.15, 0.2) is 102 Å². The second kappa shape index (κ2) is 11.8. The van der Waals surface area contributed by atoms with Gasteiger partial charge in [-0.15, -0.1) is 0 Å². The van der Waals surface area contributed by atoms with Crippen LogP contribution in [0.2, 0.25) is 0 Å². The van der Waals surface area contributed by atoms with E-state index in [0.717, 1.165) is 5.70 Å². The van der Waals surface area contributed by atoms with Crippen molar-refractivity contribution < 1.29 is 14.3 Å². The van der Waals surface area contributed by atoms with Crippen molar-refractivity contribution in [2.75, 3.05) is 13.8 Å². The number of rotatable bonds is 1. The van der Waals surface area contributed by atoms with E-state index in [9.17, 15) is 4.79 Å². The van der Waals surface area contributed by atoms with Crippen molar-refractivity contribution in [1.82, 2.24) is 15.5 Å². The molecule has 7 nitrogen and oxygen atoms in total. The Morgan fingerprint density at radius 3 is 2.78 bits per heavy atom. The number of hydrogen-bond donors (Lipinski definition) is 2. The zero-order valence-electron chi connectivity index (χ0n) is 15.0. The molecule has 2 N–H and O–H groups in total. The summed E-state index contributed by atoms with van der Waals surface area (Å²) in [7, 11) is 1.30. The number of aliphatic imine (C=N–C) groups is 1. The van der Waals surface area contributed by atoms with Gasteiger partial charge in [-0.1, -0.05) is 24.3 Å². The molecule has 0 spiro atoms. The van der Waals surface area contributed by atoms with Gasteiger partial charge in [0.05, 0.1) is 19.1 Å². The molecule has 140 valence electrons. The molecule has 0 atom stereocenters. The molecule has 0 fully saturated rings. The Morgan fingerprint density at radius 2 is 1.89 bits per heavy atom. The minimum atomic E-state index is -0.556. The number of carbonyl (C=O) groups is 1. The fraction of sp³-hybridized carbons (Fsp3) is 0.100. The van der Waals surface area contributed by atoms with Gasteiger partial charge in [-0.3, -0.25) is 4.99 Å². The predicted octanol–water partition coefficient (Wildman–Crippen LogP) is 2.56. The van der Waals surface area contributed by atoms with Crippen molar-refractivity contribution in [2.45, 2.75) is 0 Å². The lowest BCUT2D eigenvalue weighted by Crippen LogP contribution is -2.13. The summed E-state index contributed by atoms with van der Waals surface area (Å²) in [5.41, 5.74) is 0.927. The Labute approximate surface area is 158 Å². The second-order valence-corrected chi connectivity index (χ2v) is 5.10. The van der Waals surface area contributed by atoms with Gasteiger partial charge < -0.3 is 25.0 Å². The lowest BCUT2D eigenvalue weighted by atomic mass is 10.4. The van der Waals surface area contributed by atoms with Crippen molar-refractivity contribution in [3.05, 3.63) is 97.3 Å². The highest BCUT2D eigenvalue weighted by molar-refractivity contribution is 5.86. The van der Waals surface area contributed by atoms with Crippen molar-refractivity contribution >= 4 is 12.2 Å². The number of nitrogens with one attached hydrogen (secondary N) is 2. The maximum Gasteiger partial charge on any atom is 0.373 e. The van der Waals surface area contributed by atoms with E-state index in [4.69, 9.17) is 9.47 Å².